The van der Waals surface area contributed by atoms with Gasteiger partial charge in [-0.15, -0.1) is 5.10 Å². The van der Waals surface area contributed by atoms with Crippen molar-refractivity contribution in [2.45, 2.75) is 26.4 Å². The number of rotatable bonds is 3. The smallest absolute Gasteiger partial charge is 0.412 e. The minimum atomic E-state index is -1.31. The molecule has 0 aliphatic rings. The molecule has 2 rings (SSSR count). The lowest BCUT2D eigenvalue weighted by Crippen LogP contribution is -2.27. The molecule has 2 aromatic rings. The van der Waals surface area contributed by atoms with Gasteiger partial charge in [-0.3, -0.25) is 5.32 Å². The predicted molar refractivity (Wildman–Crippen MR) is 81.0 cm³/mol. The number of nitrogens with one attached hydrogen (secondary N) is 1. The Kier molecular flexibility index (Phi) is 4.49. The molecular weight excluding hydrogens is 321 g/mol. The predicted octanol–water partition coefficient (Wildman–Crippen LogP) is 2.06. The van der Waals surface area contributed by atoms with E-state index < -0.39 is 23.5 Å². The van der Waals surface area contributed by atoms with Crippen molar-refractivity contribution in [1.82, 2.24) is 20.0 Å². The topological polar surface area (TPSA) is 119 Å². The van der Waals surface area contributed by atoms with Crippen LogP contribution in [0.3, 0.4) is 0 Å². The van der Waals surface area contributed by atoms with E-state index in [9.17, 15) is 14.0 Å². The molecular formula is C14H16FN5O4. The molecule has 0 saturated heterocycles. The van der Waals surface area contributed by atoms with Gasteiger partial charge in [0.2, 0.25) is 0 Å². The standard InChI is InChI=1S/C14H16FN5O4/c1-14(2,3)24-13(23)17-7-5-8(15)9(16-6-7)10-11(12(21)22)20(4)19-18-10/h5-6H,1-4H3,(H,17,23)(H,21,22). The molecule has 0 radical (unpaired) electrons. The first kappa shape index (κ1) is 17.3. The lowest BCUT2D eigenvalue weighted by molar-refractivity contribution is 0.0633. The highest BCUT2D eigenvalue weighted by atomic mass is 19.1. The highest BCUT2D eigenvalue weighted by Gasteiger charge is 2.23. The average molecular weight is 337 g/mol. The first-order valence-corrected chi connectivity index (χ1v) is 6.87. The van der Waals surface area contributed by atoms with Crippen molar-refractivity contribution < 1.29 is 23.8 Å². The fourth-order valence-electron chi connectivity index (χ4n) is 1.86. The van der Waals surface area contributed by atoms with Gasteiger partial charge in [0, 0.05) is 13.1 Å². The molecule has 0 spiro atoms. The van der Waals surface area contributed by atoms with E-state index in [2.05, 4.69) is 20.6 Å². The van der Waals surface area contributed by atoms with E-state index in [0.717, 1.165) is 10.7 Å². The number of carboxylic acid groups (broad SMARTS) is 1. The first-order valence-electron chi connectivity index (χ1n) is 6.87. The number of aromatic carboxylic acids is 1. The number of aromatic nitrogens is 4. The molecule has 0 atom stereocenters. The van der Waals surface area contributed by atoms with Crippen LogP contribution in [-0.4, -0.2) is 42.7 Å². The minimum Gasteiger partial charge on any atom is -0.476 e. The van der Waals surface area contributed by atoms with Crippen LogP contribution in [0, 0.1) is 5.82 Å². The molecule has 1 amide bonds. The van der Waals surface area contributed by atoms with Crippen LogP contribution < -0.4 is 5.32 Å². The summed E-state index contributed by atoms with van der Waals surface area (Å²) in [5, 5.41) is 18.7. The van der Waals surface area contributed by atoms with E-state index in [1.807, 2.05) is 0 Å². The highest BCUT2D eigenvalue weighted by molar-refractivity contribution is 5.92. The summed E-state index contributed by atoms with van der Waals surface area (Å²) in [4.78, 5) is 26.7. The van der Waals surface area contributed by atoms with Crippen molar-refractivity contribution in [1.29, 1.82) is 0 Å². The fraction of sp³-hybridized carbons (Fsp3) is 0.357. The number of amides is 1. The number of carbonyl (C=O) groups is 2. The Morgan fingerprint density at radius 2 is 2.00 bits per heavy atom. The number of nitrogens with zero attached hydrogens (tertiary/aromatic N) is 4. The van der Waals surface area contributed by atoms with Crippen LogP contribution in [0.25, 0.3) is 11.4 Å². The zero-order valence-electron chi connectivity index (χ0n) is 13.5. The molecule has 2 aromatic heterocycles. The number of pyridine rings is 1. The molecule has 0 unspecified atom stereocenters. The molecule has 0 fully saturated rings. The van der Waals surface area contributed by atoms with E-state index in [1.165, 1.54) is 13.2 Å². The zero-order chi connectivity index (χ0) is 18.1. The summed E-state index contributed by atoms with van der Waals surface area (Å²) < 4.78 is 20.3. The number of carboxylic acids is 1. The van der Waals surface area contributed by atoms with Gasteiger partial charge in [0.15, 0.2) is 11.5 Å². The SMILES string of the molecule is Cn1nnc(-c2ncc(NC(=O)OC(C)(C)C)cc2F)c1C(=O)O. The molecule has 0 aromatic carbocycles. The second-order valence-corrected chi connectivity index (χ2v) is 5.90. The molecule has 2 N–H and O–H groups in total. The van der Waals surface area contributed by atoms with E-state index in [1.54, 1.807) is 20.8 Å². The van der Waals surface area contributed by atoms with Crippen molar-refractivity contribution in [3.8, 4) is 11.4 Å². The number of carbonyl (C=O) groups excluding carboxylic acids is 1. The minimum absolute atomic E-state index is 0.0614. The van der Waals surface area contributed by atoms with E-state index in [4.69, 9.17) is 9.84 Å². The Bertz CT molecular complexity index is 797. The highest BCUT2D eigenvalue weighted by Crippen LogP contribution is 2.24. The first-order chi connectivity index (χ1) is 11.1. The normalized spacial score (nSPS) is 11.2. The largest absolute Gasteiger partial charge is 0.476 e. The van der Waals surface area contributed by atoms with Gasteiger partial charge >= 0.3 is 12.1 Å². The van der Waals surface area contributed by atoms with Gasteiger partial charge in [0.1, 0.15) is 17.0 Å². The van der Waals surface area contributed by atoms with E-state index in [-0.39, 0.29) is 22.8 Å². The monoisotopic (exact) mass is 337 g/mol. The van der Waals surface area contributed by atoms with Crippen molar-refractivity contribution in [2.75, 3.05) is 5.32 Å². The van der Waals surface area contributed by atoms with E-state index >= 15 is 0 Å². The molecule has 128 valence electrons. The molecule has 9 nitrogen and oxygen atoms in total. The van der Waals surface area contributed by atoms with Crippen molar-refractivity contribution in [3.63, 3.8) is 0 Å². The van der Waals surface area contributed by atoms with Crippen LogP contribution >= 0.6 is 0 Å². The second kappa shape index (κ2) is 6.22. The van der Waals surface area contributed by atoms with Gasteiger partial charge in [0.25, 0.3) is 0 Å². The zero-order valence-corrected chi connectivity index (χ0v) is 13.5. The van der Waals surface area contributed by atoms with Crippen molar-refractivity contribution in [2.24, 2.45) is 7.05 Å². The van der Waals surface area contributed by atoms with Crippen molar-refractivity contribution >= 4 is 17.7 Å². The Hall–Kier alpha value is -3.04. The average Bonchev–Trinajstić information content (AvgIpc) is 2.78. The van der Waals surface area contributed by atoms with Crippen LogP contribution in [-0.2, 0) is 11.8 Å². The summed E-state index contributed by atoms with van der Waals surface area (Å²) in [6.45, 7) is 5.07. The number of hydrogen-bond acceptors (Lipinski definition) is 6. The third-order valence-electron chi connectivity index (χ3n) is 2.74. The number of halogens is 1. The van der Waals surface area contributed by atoms with Gasteiger partial charge < -0.3 is 9.84 Å². The van der Waals surface area contributed by atoms with Crippen LogP contribution in [0.4, 0.5) is 14.9 Å². The number of aryl methyl sites for hydroxylation is 1. The second-order valence-electron chi connectivity index (χ2n) is 5.90. The Labute approximate surface area is 136 Å². The maximum Gasteiger partial charge on any atom is 0.412 e. The van der Waals surface area contributed by atoms with Crippen LogP contribution in [0.15, 0.2) is 12.3 Å². The third-order valence-corrected chi connectivity index (χ3v) is 2.74. The van der Waals surface area contributed by atoms with Gasteiger partial charge in [0.05, 0.1) is 11.9 Å². The Morgan fingerprint density at radius 3 is 2.54 bits per heavy atom. The lowest BCUT2D eigenvalue weighted by atomic mass is 10.2. The maximum atomic E-state index is 14.3. The summed E-state index contributed by atoms with van der Waals surface area (Å²) in [7, 11) is 1.37. The molecule has 10 heteroatoms. The summed E-state index contributed by atoms with van der Waals surface area (Å²) >= 11 is 0. The Balaban J connectivity index is 2.28. The van der Waals surface area contributed by atoms with Crippen LogP contribution in [0.1, 0.15) is 31.3 Å². The fourth-order valence-corrected chi connectivity index (χ4v) is 1.86. The molecule has 2 heterocycles. The Morgan fingerprint density at radius 1 is 1.33 bits per heavy atom. The summed E-state index contributed by atoms with van der Waals surface area (Å²) in [6.07, 6.45) is 0.407. The molecule has 0 bridgehead atoms. The van der Waals surface area contributed by atoms with E-state index in [0.29, 0.717) is 0 Å². The van der Waals surface area contributed by atoms with Gasteiger partial charge in [-0.2, -0.15) is 0 Å². The maximum absolute atomic E-state index is 14.3. The molecule has 24 heavy (non-hydrogen) atoms. The van der Waals surface area contributed by atoms with Crippen molar-refractivity contribution in [3.05, 3.63) is 23.8 Å². The molecule has 0 saturated carbocycles. The lowest BCUT2D eigenvalue weighted by Gasteiger charge is -2.19. The summed E-state index contributed by atoms with van der Waals surface area (Å²) in [6, 6.07) is 0.993. The number of hydrogen-bond donors (Lipinski definition) is 2. The summed E-state index contributed by atoms with van der Waals surface area (Å²) in [5.41, 5.74) is -1.42. The number of ether oxygens (including phenoxy) is 1. The van der Waals surface area contributed by atoms with Gasteiger partial charge in [-0.25, -0.2) is 23.6 Å². The van der Waals surface area contributed by atoms with Gasteiger partial charge in [-0.05, 0) is 20.8 Å². The number of anilines is 1. The van der Waals surface area contributed by atoms with Crippen LogP contribution in [0.5, 0.6) is 0 Å². The molecule has 0 aliphatic carbocycles. The van der Waals surface area contributed by atoms with Gasteiger partial charge in [-0.1, -0.05) is 5.21 Å². The van der Waals surface area contributed by atoms with Crippen LogP contribution in [0.2, 0.25) is 0 Å². The third kappa shape index (κ3) is 3.83. The quantitative estimate of drug-likeness (QED) is 0.879. The molecule has 0 aliphatic heterocycles. The summed E-state index contributed by atoms with van der Waals surface area (Å²) in [5.74, 6) is -2.17.